The molecule has 2 amide bonds. The largest absolute Gasteiger partial charge is 0.454 e. The first-order chi connectivity index (χ1) is 12.1. The molecule has 0 fully saturated rings. The van der Waals surface area contributed by atoms with Crippen molar-refractivity contribution in [2.24, 2.45) is 0 Å². The average Bonchev–Trinajstić information content (AvgIpc) is 3.09. The number of ether oxygens (including phenoxy) is 2. The minimum absolute atomic E-state index is 0.0622. The molecule has 4 rings (SSSR count). The van der Waals surface area contributed by atoms with Crippen LogP contribution in [0.2, 0.25) is 0 Å². The van der Waals surface area contributed by atoms with Gasteiger partial charge in [-0.1, -0.05) is 6.07 Å². The van der Waals surface area contributed by atoms with Crippen LogP contribution in [0.1, 0.15) is 34.3 Å². The first-order valence-corrected chi connectivity index (χ1v) is 8.23. The topological polar surface area (TPSA) is 76.7 Å². The van der Waals surface area contributed by atoms with Crippen LogP contribution in [0, 0.1) is 0 Å². The number of fused-ring (bicyclic) bond motifs is 2. The second-order valence-corrected chi connectivity index (χ2v) is 6.20. The highest BCUT2D eigenvalue weighted by Gasteiger charge is 2.21. The van der Waals surface area contributed by atoms with E-state index < -0.39 is 0 Å². The lowest BCUT2D eigenvalue weighted by Gasteiger charge is -2.18. The molecule has 2 heterocycles. The molecule has 2 aromatic carbocycles. The van der Waals surface area contributed by atoms with Crippen LogP contribution in [0.5, 0.6) is 11.5 Å². The van der Waals surface area contributed by atoms with Gasteiger partial charge in [0.1, 0.15) is 0 Å². The van der Waals surface area contributed by atoms with Crippen molar-refractivity contribution in [1.82, 2.24) is 5.32 Å². The minimum Gasteiger partial charge on any atom is -0.454 e. The molecule has 1 unspecified atom stereocenters. The number of anilines is 1. The Kier molecular flexibility index (Phi) is 3.80. The third kappa shape index (κ3) is 2.91. The summed E-state index contributed by atoms with van der Waals surface area (Å²) in [4.78, 5) is 24.4. The number of amides is 2. The molecule has 2 aliphatic rings. The Morgan fingerprint density at radius 2 is 2.00 bits per heavy atom. The number of hydrogen-bond donors (Lipinski definition) is 2. The second-order valence-electron chi connectivity index (χ2n) is 6.20. The summed E-state index contributed by atoms with van der Waals surface area (Å²) in [5.41, 5.74) is 3.19. The second kappa shape index (κ2) is 6.12. The maximum absolute atomic E-state index is 12.6. The number of carbonyl (C=O) groups excluding carboxylic acids is 2. The van der Waals surface area contributed by atoms with Gasteiger partial charge in [0, 0.05) is 17.8 Å². The van der Waals surface area contributed by atoms with Crippen molar-refractivity contribution in [1.29, 1.82) is 0 Å². The van der Waals surface area contributed by atoms with Gasteiger partial charge in [0.15, 0.2) is 11.5 Å². The Hall–Kier alpha value is -3.02. The van der Waals surface area contributed by atoms with Crippen LogP contribution in [-0.2, 0) is 11.2 Å². The van der Waals surface area contributed by atoms with E-state index in [1.807, 2.05) is 31.2 Å². The molecule has 6 heteroatoms. The summed E-state index contributed by atoms with van der Waals surface area (Å²) >= 11 is 0. The van der Waals surface area contributed by atoms with E-state index in [0.717, 1.165) is 17.5 Å². The molecule has 2 N–H and O–H groups in total. The van der Waals surface area contributed by atoms with Crippen molar-refractivity contribution in [3.8, 4) is 11.5 Å². The molecule has 2 aliphatic heterocycles. The fourth-order valence-corrected chi connectivity index (χ4v) is 3.09. The van der Waals surface area contributed by atoms with E-state index >= 15 is 0 Å². The lowest BCUT2D eigenvalue weighted by atomic mass is 9.98. The highest BCUT2D eigenvalue weighted by molar-refractivity contribution is 5.99. The highest BCUT2D eigenvalue weighted by atomic mass is 16.7. The molecule has 0 saturated carbocycles. The van der Waals surface area contributed by atoms with Gasteiger partial charge in [-0.25, -0.2) is 0 Å². The van der Waals surface area contributed by atoms with E-state index in [9.17, 15) is 9.59 Å². The van der Waals surface area contributed by atoms with Gasteiger partial charge in [0.2, 0.25) is 12.7 Å². The lowest BCUT2D eigenvalue weighted by molar-refractivity contribution is -0.117. The first kappa shape index (κ1) is 15.5. The summed E-state index contributed by atoms with van der Waals surface area (Å²) in [7, 11) is 0. The van der Waals surface area contributed by atoms with E-state index in [-0.39, 0.29) is 24.5 Å². The van der Waals surface area contributed by atoms with Gasteiger partial charge in [-0.2, -0.15) is 0 Å². The monoisotopic (exact) mass is 338 g/mol. The molecule has 0 radical (unpaired) electrons. The quantitative estimate of drug-likeness (QED) is 0.901. The Labute approximate surface area is 145 Å². The SMILES string of the molecule is CC(C(=O)Nc1ccc2c(c1)CCNC2=O)c1ccc2c(c1)OCO2. The van der Waals surface area contributed by atoms with Crippen molar-refractivity contribution in [3.63, 3.8) is 0 Å². The maximum Gasteiger partial charge on any atom is 0.251 e. The van der Waals surface area contributed by atoms with Crippen molar-refractivity contribution < 1.29 is 19.1 Å². The van der Waals surface area contributed by atoms with Crippen LogP contribution in [0.25, 0.3) is 0 Å². The van der Waals surface area contributed by atoms with Gasteiger partial charge in [-0.15, -0.1) is 0 Å². The van der Waals surface area contributed by atoms with E-state index in [4.69, 9.17) is 9.47 Å². The third-order valence-corrected chi connectivity index (χ3v) is 4.59. The molecule has 0 aliphatic carbocycles. The van der Waals surface area contributed by atoms with Crippen LogP contribution in [0.15, 0.2) is 36.4 Å². The molecule has 0 aromatic heterocycles. The molecule has 0 spiro atoms. The summed E-state index contributed by atoms with van der Waals surface area (Å²) in [5, 5.41) is 5.74. The number of carbonyl (C=O) groups is 2. The van der Waals surface area contributed by atoms with Crippen LogP contribution < -0.4 is 20.1 Å². The summed E-state index contributed by atoms with van der Waals surface area (Å²) in [6.07, 6.45) is 0.766. The Balaban J connectivity index is 1.51. The van der Waals surface area contributed by atoms with E-state index in [1.54, 1.807) is 12.1 Å². The van der Waals surface area contributed by atoms with Crippen molar-refractivity contribution >= 4 is 17.5 Å². The Bertz CT molecular complexity index is 862. The standard InChI is InChI=1S/C19H18N2O4/c1-11(12-2-5-16-17(9-12)25-10-24-16)18(22)21-14-3-4-15-13(8-14)6-7-20-19(15)23/h2-5,8-9,11H,6-7,10H2,1H3,(H,20,23)(H,21,22). The predicted octanol–water partition coefficient (Wildman–Crippen LogP) is 2.44. The molecule has 0 saturated heterocycles. The summed E-state index contributed by atoms with van der Waals surface area (Å²) < 4.78 is 10.7. The van der Waals surface area contributed by atoms with Crippen molar-refractivity contribution in [2.75, 3.05) is 18.7 Å². The van der Waals surface area contributed by atoms with Crippen molar-refractivity contribution in [2.45, 2.75) is 19.3 Å². The number of nitrogens with one attached hydrogen (secondary N) is 2. The smallest absolute Gasteiger partial charge is 0.251 e. The highest BCUT2D eigenvalue weighted by Crippen LogP contribution is 2.34. The summed E-state index contributed by atoms with van der Waals surface area (Å²) in [6.45, 7) is 2.68. The zero-order valence-electron chi connectivity index (χ0n) is 13.8. The molecule has 6 nitrogen and oxygen atoms in total. The summed E-state index contributed by atoms with van der Waals surface area (Å²) in [5.74, 6) is 0.849. The van der Waals surface area contributed by atoms with Gasteiger partial charge in [-0.3, -0.25) is 9.59 Å². The molecule has 25 heavy (non-hydrogen) atoms. The fourth-order valence-electron chi connectivity index (χ4n) is 3.09. The fraction of sp³-hybridized carbons (Fsp3) is 0.263. The molecular formula is C19H18N2O4. The summed E-state index contributed by atoms with van der Waals surface area (Å²) in [6, 6.07) is 10.9. The van der Waals surface area contributed by atoms with Gasteiger partial charge >= 0.3 is 0 Å². The van der Waals surface area contributed by atoms with Crippen LogP contribution in [0.3, 0.4) is 0 Å². The van der Waals surface area contributed by atoms with E-state index in [2.05, 4.69) is 10.6 Å². The predicted molar refractivity (Wildman–Crippen MR) is 92.1 cm³/mol. The van der Waals surface area contributed by atoms with Crippen LogP contribution >= 0.6 is 0 Å². The van der Waals surface area contributed by atoms with Gasteiger partial charge < -0.3 is 20.1 Å². The first-order valence-electron chi connectivity index (χ1n) is 8.23. The Morgan fingerprint density at radius 1 is 1.16 bits per heavy atom. The minimum atomic E-state index is -0.339. The van der Waals surface area contributed by atoms with E-state index in [0.29, 0.717) is 29.3 Å². The van der Waals surface area contributed by atoms with Crippen LogP contribution in [-0.4, -0.2) is 25.2 Å². The number of benzene rings is 2. The third-order valence-electron chi connectivity index (χ3n) is 4.59. The lowest BCUT2D eigenvalue weighted by Crippen LogP contribution is -2.31. The maximum atomic E-state index is 12.6. The zero-order valence-corrected chi connectivity index (χ0v) is 13.8. The van der Waals surface area contributed by atoms with Gasteiger partial charge in [0.05, 0.1) is 5.92 Å². The van der Waals surface area contributed by atoms with Gasteiger partial charge in [-0.05, 0) is 54.8 Å². The molecular weight excluding hydrogens is 320 g/mol. The normalized spacial score (nSPS) is 16.0. The molecule has 0 bridgehead atoms. The van der Waals surface area contributed by atoms with Gasteiger partial charge in [0.25, 0.3) is 5.91 Å². The van der Waals surface area contributed by atoms with E-state index in [1.165, 1.54) is 0 Å². The zero-order chi connectivity index (χ0) is 17.4. The van der Waals surface area contributed by atoms with Crippen molar-refractivity contribution in [3.05, 3.63) is 53.1 Å². The molecule has 2 aromatic rings. The average molecular weight is 338 g/mol. The number of rotatable bonds is 3. The Morgan fingerprint density at radius 3 is 2.88 bits per heavy atom. The molecule has 1 atom stereocenters. The molecule has 128 valence electrons. The van der Waals surface area contributed by atoms with Crippen LogP contribution in [0.4, 0.5) is 5.69 Å². The number of hydrogen-bond acceptors (Lipinski definition) is 4.